The normalized spacial score (nSPS) is 12.8. The summed E-state index contributed by atoms with van der Waals surface area (Å²) in [5, 5.41) is 10.8. The molecule has 0 fully saturated rings. The highest BCUT2D eigenvalue weighted by molar-refractivity contribution is 8.01. The second-order valence-electron chi connectivity index (χ2n) is 7.62. The number of nitrogens with one attached hydrogen (secondary N) is 1. The molecule has 4 aromatic rings. The average Bonchev–Trinajstić information content (AvgIpc) is 3.49. The number of imide groups is 1. The van der Waals surface area contributed by atoms with Gasteiger partial charge in [-0.15, -0.1) is 10.2 Å². The van der Waals surface area contributed by atoms with E-state index in [-0.39, 0.29) is 22.1 Å². The number of thioether (sulfide) groups is 1. The Morgan fingerprint density at radius 1 is 0.971 bits per heavy atom. The van der Waals surface area contributed by atoms with E-state index in [2.05, 4.69) is 15.5 Å². The maximum absolute atomic E-state index is 13.0. The number of benzene rings is 2. The van der Waals surface area contributed by atoms with E-state index in [0.29, 0.717) is 26.8 Å². The smallest absolute Gasteiger partial charge is 0.295 e. The maximum atomic E-state index is 13.0. The molecule has 3 amide bonds. The molecule has 0 bridgehead atoms. The molecular weight excluding hydrogens is 488 g/mol. The van der Waals surface area contributed by atoms with Crippen molar-refractivity contribution in [3.05, 3.63) is 81.8 Å². The van der Waals surface area contributed by atoms with E-state index in [1.807, 2.05) is 30.3 Å². The third kappa shape index (κ3) is 3.96. The SMILES string of the molecule is Cc1c(NC(=O)CSc2nnc(N3C(=O)c4ccccc4C3=O)s2)c(=O)n(-c2ccccc2)n1C. The van der Waals surface area contributed by atoms with E-state index in [0.717, 1.165) is 28.0 Å². The Balaban J connectivity index is 1.27. The van der Waals surface area contributed by atoms with Gasteiger partial charge in [0.25, 0.3) is 17.4 Å². The zero-order chi connectivity index (χ0) is 24.7. The Hall–Kier alpha value is -4.03. The van der Waals surface area contributed by atoms with Crippen LogP contribution in [0.15, 0.2) is 63.7 Å². The van der Waals surface area contributed by atoms with Crippen LogP contribution in [0, 0.1) is 6.92 Å². The van der Waals surface area contributed by atoms with E-state index in [4.69, 9.17) is 0 Å². The number of hydrogen-bond donors (Lipinski definition) is 1. The van der Waals surface area contributed by atoms with Gasteiger partial charge in [-0.25, -0.2) is 9.58 Å². The summed E-state index contributed by atoms with van der Waals surface area (Å²) in [5.74, 6) is -1.33. The summed E-state index contributed by atoms with van der Waals surface area (Å²) in [4.78, 5) is 51.8. The fourth-order valence-electron chi connectivity index (χ4n) is 3.73. The molecule has 2 aromatic heterocycles. The Morgan fingerprint density at radius 2 is 1.60 bits per heavy atom. The minimum absolute atomic E-state index is 0.0319. The Morgan fingerprint density at radius 3 is 2.26 bits per heavy atom. The summed E-state index contributed by atoms with van der Waals surface area (Å²) in [5.41, 5.74) is 1.80. The van der Waals surface area contributed by atoms with Crippen LogP contribution in [0.3, 0.4) is 0 Å². The zero-order valence-electron chi connectivity index (χ0n) is 18.6. The first kappa shape index (κ1) is 22.7. The fraction of sp³-hybridized carbons (Fsp3) is 0.130. The highest BCUT2D eigenvalue weighted by Gasteiger charge is 2.38. The second-order valence-corrected chi connectivity index (χ2v) is 9.79. The fourth-order valence-corrected chi connectivity index (χ4v) is 5.37. The van der Waals surface area contributed by atoms with Crippen molar-refractivity contribution in [1.82, 2.24) is 19.6 Å². The van der Waals surface area contributed by atoms with Gasteiger partial charge in [-0.3, -0.25) is 23.9 Å². The Labute approximate surface area is 207 Å². The van der Waals surface area contributed by atoms with Gasteiger partial charge >= 0.3 is 0 Å². The second kappa shape index (κ2) is 8.96. The van der Waals surface area contributed by atoms with Crippen LogP contribution in [0.25, 0.3) is 5.69 Å². The minimum Gasteiger partial charge on any atom is -0.319 e. The lowest BCUT2D eigenvalue weighted by atomic mass is 10.1. The molecule has 12 heteroatoms. The Kier molecular flexibility index (Phi) is 5.83. The first-order valence-electron chi connectivity index (χ1n) is 10.4. The molecule has 2 aromatic carbocycles. The number of aromatic nitrogens is 4. The molecule has 0 unspecified atom stereocenters. The van der Waals surface area contributed by atoms with Crippen molar-refractivity contribution in [3.63, 3.8) is 0 Å². The number of para-hydroxylation sites is 1. The molecule has 0 spiro atoms. The summed E-state index contributed by atoms with van der Waals surface area (Å²) in [7, 11) is 1.75. The lowest BCUT2D eigenvalue weighted by Gasteiger charge is -2.07. The predicted octanol–water partition coefficient (Wildman–Crippen LogP) is 2.87. The molecule has 0 radical (unpaired) electrons. The molecule has 1 aliphatic rings. The molecule has 0 saturated heterocycles. The number of rotatable bonds is 6. The van der Waals surface area contributed by atoms with Gasteiger partial charge in [0.2, 0.25) is 11.0 Å². The molecule has 1 aliphatic heterocycles. The lowest BCUT2D eigenvalue weighted by molar-refractivity contribution is -0.113. The highest BCUT2D eigenvalue weighted by Crippen LogP contribution is 2.33. The number of nitrogens with zero attached hydrogens (tertiary/aromatic N) is 5. The van der Waals surface area contributed by atoms with Crippen LogP contribution in [0.4, 0.5) is 10.8 Å². The van der Waals surface area contributed by atoms with E-state index in [1.165, 1.54) is 4.68 Å². The van der Waals surface area contributed by atoms with Crippen LogP contribution in [0.5, 0.6) is 0 Å². The number of hydrogen-bond acceptors (Lipinski definition) is 8. The van der Waals surface area contributed by atoms with Gasteiger partial charge in [0.05, 0.1) is 28.3 Å². The van der Waals surface area contributed by atoms with Crippen molar-refractivity contribution in [2.24, 2.45) is 7.05 Å². The number of anilines is 2. The third-order valence-corrected chi connectivity index (χ3v) is 7.57. The van der Waals surface area contributed by atoms with Crippen molar-refractivity contribution < 1.29 is 14.4 Å². The van der Waals surface area contributed by atoms with Crippen LogP contribution >= 0.6 is 23.1 Å². The monoisotopic (exact) mass is 506 g/mol. The number of carbonyl (C=O) groups excluding carboxylic acids is 3. The minimum atomic E-state index is -0.453. The van der Waals surface area contributed by atoms with E-state index in [1.54, 1.807) is 42.9 Å². The van der Waals surface area contributed by atoms with Gasteiger partial charge in [0.1, 0.15) is 5.69 Å². The largest absolute Gasteiger partial charge is 0.319 e. The topological polar surface area (TPSA) is 119 Å². The van der Waals surface area contributed by atoms with Gasteiger partial charge in [0.15, 0.2) is 4.34 Å². The first-order chi connectivity index (χ1) is 16.9. The third-order valence-electron chi connectivity index (χ3n) is 5.53. The summed E-state index contributed by atoms with van der Waals surface area (Å²) in [6.45, 7) is 1.75. The molecule has 1 N–H and O–H groups in total. The van der Waals surface area contributed by atoms with Crippen molar-refractivity contribution in [2.45, 2.75) is 11.3 Å². The van der Waals surface area contributed by atoms with Crippen LogP contribution < -0.4 is 15.8 Å². The van der Waals surface area contributed by atoms with E-state index >= 15 is 0 Å². The molecule has 0 saturated carbocycles. The molecule has 35 heavy (non-hydrogen) atoms. The number of fused-ring (bicyclic) bond motifs is 1. The van der Waals surface area contributed by atoms with E-state index < -0.39 is 17.7 Å². The summed E-state index contributed by atoms with van der Waals surface area (Å²) < 4.78 is 3.58. The van der Waals surface area contributed by atoms with Crippen molar-refractivity contribution in [1.29, 1.82) is 0 Å². The predicted molar refractivity (Wildman–Crippen MR) is 133 cm³/mol. The Bertz CT molecular complexity index is 1500. The lowest BCUT2D eigenvalue weighted by Crippen LogP contribution is -2.29. The molecule has 0 atom stereocenters. The first-order valence-corrected chi connectivity index (χ1v) is 12.2. The average molecular weight is 507 g/mol. The maximum Gasteiger partial charge on any atom is 0.295 e. The van der Waals surface area contributed by atoms with Gasteiger partial charge in [-0.05, 0) is 31.2 Å². The molecule has 3 heterocycles. The van der Waals surface area contributed by atoms with Crippen molar-refractivity contribution in [3.8, 4) is 5.69 Å². The van der Waals surface area contributed by atoms with Crippen LogP contribution in [-0.4, -0.2) is 43.0 Å². The van der Waals surface area contributed by atoms with Crippen molar-refractivity contribution in [2.75, 3.05) is 16.0 Å². The summed E-state index contributed by atoms with van der Waals surface area (Å²) >= 11 is 2.14. The highest BCUT2D eigenvalue weighted by atomic mass is 32.2. The van der Waals surface area contributed by atoms with Gasteiger partial charge in [-0.2, -0.15) is 0 Å². The van der Waals surface area contributed by atoms with Gasteiger partial charge < -0.3 is 5.32 Å². The van der Waals surface area contributed by atoms with E-state index in [9.17, 15) is 19.2 Å². The van der Waals surface area contributed by atoms with Gasteiger partial charge in [-0.1, -0.05) is 53.4 Å². The molecule has 0 aliphatic carbocycles. The summed E-state index contributed by atoms with van der Waals surface area (Å²) in [6, 6.07) is 15.7. The van der Waals surface area contributed by atoms with Crippen LogP contribution in [0.2, 0.25) is 0 Å². The van der Waals surface area contributed by atoms with Crippen LogP contribution in [0.1, 0.15) is 26.4 Å². The number of amides is 3. The van der Waals surface area contributed by atoms with Gasteiger partial charge in [0, 0.05) is 7.05 Å². The summed E-state index contributed by atoms with van der Waals surface area (Å²) in [6.07, 6.45) is 0. The molecule has 10 nitrogen and oxygen atoms in total. The zero-order valence-corrected chi connectivity index (χ0v) is 20.2. The molecule has 5 rings (SSSR count). The van der Waals surface area contributed by atoms with Crippen LogP contribution in [-0.2, 0) is 11.8 Å². The molecular formula is C23H18N6O4S2. The quantitative estimate of drug-likeness (QED) is 0.243. The number of carbonyl (C=O) groups is 3. The van der Waals surface area contributed by atoms with Crippen molar-refractivity contribution >= 4 is 51.6 Å². The molecule has 176 valence electrons. The standard InChI is InChI=1S/C23H18N6O4S2/c1-13-18(21(33)29(27(13)2)14-8-4-3-5-9-14)24-17(30)12-34-23-26-25-22(35-23)28-19(31)15-10-6-7-11-16(15)20(28)32/h3-11H,12H2,1-2H3,(H,24,30).